The van der Waals surface area contributed by atoms with E-state index in [0.29, 0.717) is 17.2 Å². The van der Waals surface area contributed by atoms with E-state index in [9.17, 15) is 14.4 Å². The zero-order chi connectivity index (χ0) is 23.5. The fraction of sp³-hybridized carbons (Fsp3) is 0.208. The number of nitrogens with zero attached hydrogens (tertiary/aromatic N) is 2. The molecule has 0 saturated heterocycles. The molecule has 0 radical (unpaired) electrons. The summed E-state index contributed by atoms with van der Waals surface area (Å²) in [6.07, 6.45) is 3.21. The highest BCUT2D eigenvalue weighted by Gasteiger charge is 2.16. The van der Waals surface area contributed by atoms with Crippen molar-refractivity contribution < 1.29 is 19.1 Å². The molecule has 1 heterocycles. The van der Waals surface area contributed by atoms with Crippen LogP contribution < -0.4 is 16.0 Å². The monoisotopic (exact) mass is 447 g/mol. The molecule has 3 rings (SSSR count). The lowest BCUT2D eigenvalue weighted by Gasteiger charge is -2.16. The molecule has 1 unspecified atom stereocenters. The van der Waals surface area contributed by atoms with Crippen LogP contribution in [-0.4, -0.2) is 40.9 Å². The molecule has 0 aliphatic carbocycles. The van der Waals surface area contributed by atoms with E-state index in [1.165, 1.54) is 0 Å². The maximum atomic E-state index is 12.8. The standard InChI is InChI=1S/C24H25N5O4/c1-17(18-8-3-2-4-9-18)28-23(32)19-10-5-6-11-20(19)29-21(30)16-33-22(31)12-15-27-24-25-13-7-14-26-24/h2-11,13-14,17H,12,15-16H2,1H3,(H,28,32)(H,29,30)(H,25,26,27). The van der Waals surface area contributed by atoms with Crippen molar-refractivity contribution in [2.45, 2.75) is 19.4 Å². The number of benzene rings is 2. The summed E-state index contributed by atoms with van der Waals surface area (Å²) < 4.78 is 5.00. The zero-order valence-corrected chi connectivity index (χ0v) is 18.2. The van der Waals surface area contributed by atoms with E-state index in [0.717, 1.165) is 5.56 Å². The molecular formula is C24H25N5O4. The van der Waals surface area contributed by atoms with Crippen molar-refractivity contribution in [1.29, 1.82) is 0 Å². The lowest BCUT2D eigenvalue weighted by atomic mass is 10.1. The predicted octanol–water partition coefficient (Wildman–Crippen LogP) is 2.95. The first kappa shape index (κ1) is 23.4. The van der Waals surface area contributed by atoms with Crippen LogP contribution in [0.15, 0.2) is 73.1 Å². The van der Waals surface area contributed by atoms with Crippen LogP contribution in [-0.2, 0) is 14.3 Å². The molecule has 9 nitrogen and oxygen atoms in total. The van der Waals surface area contributed by atoms with E-state index in [-0.39, 0.29) is 24.9 Å². The van der Waals surface area contributed by atoms with Crippen LogP contribution in [0.3, 0.4) is 0 Å². The van der Waals surface area contributed by atoms with Crippen LogP contribution in [0.1, 0.15) is 35.3 Å². The highest BCUT2D eigenvalue weighted by Crippen LogP contribution is 2.18. The molecule has 2 amide bonds. The van der Waals surface area contributed by atoms with Gasteiger partial charge in [-0.05, 0) is 30.7 Å². The van der Waals surface area contributed by atoms with Crippen LogP contribution >= 0.6 is 0 Å². The average molecular weight is 447 g/mol. The molecule has 170 valence electrons. The molecule has 1 atom stereocenters. The normalized spacial score (nSPS) is 11.2. The van der Waals surface area contributed by atoms with Crippen LogP contribution in [0.4, 0.5) is 11.6 Å². The van der Waals surface area contributed by atoms with E-state index in [2.05, 4.69) is 25.9 Å². The number of carbonyl (C=O) groups is 3. The van der Waals surface area contributed by atoms with Gasteiger partial charge in [0.15, 0.2) is 6.61 Å². The first-order chi connectivity index (χ1) is 16.0. The second-order valence-electron chi connectivity index (χ2n) is 7.11. The molecule has 1 aromatic heterocycles. The Labute approximate surface area is 191 Å². The first-order valence-corrected chi connectivity index (χ1v) is 10.4. The third-order valence-electron chi connectivity index (χ3n) is 4.64. The summed E-state index contributed by atoms with van der Waals surface area (Å²) in [5.74, 6) is -1.01. The van der Waals surface area contributed by atoms with Gasteiger partial charge in [0.25, 0.3) is 11.8 Å². The molecule has 2 aromatic carbocycles. The van der Waals surface area contributed by atoms with Crippen LogP contribution in [0.2, 0.25) is 0 Å². The molecule has 0 bridgehead atoms. The summed E-state index contributed by atoms with van der Waals surface area (Å²) >= 11 is 0. The highest BCUT2D eigenvalue weighted by atomic mass is 16.5. The first-order valence-electron chi connectivity index (χ1n) is 10.4. The van der Waals surface area contributed by atoms with Crippen molar-refractivity contribution in [1.82, 2.24) is 15.3 Å². The number of esters is 1. The van der Waals surface area contributed by atoms with Crippen molar-refractivity contribution in [2.75, 3.05) is 23.8 Å². The van der Waals surface area contributed by atoms with Gasteiger partial charge in [0.05, 0.1) is 23.7 Å². The van der Waals surface area contributed by atoms with Gasteiger partial charge in [-0.3, -0.25) is 14.4 Å². The van der Waals surface area contributed by atoms with Gasteiger partial charge >= 0.3 is 5.97 Å². The van der Waals surface area contributed by atoms with E-state index in [1.54, 1.807) is 42.7 Å². The minimum absolute atomic E-state index is 0.0436. The number of nitrogens with one attached hydrogen (secondary N) is 3. The van der Waals surface area contributed by atoms with Gasteiger partial charge in [-0.15, -0.1) is 0 Å². The smallest absolute Gasteiger partial charge is 0.308 e. The molecule has 0 spiro atoms. The Balaban J connectivity index is 1.47. The third-order valence-corrected chi connectivity index (χ3v) is 4.64. The summed E-state index contributed by atoms with van der Waals surface area (Å²) in [6, 6.07) is 17.7. The Bertz CT molecular complexity index is 1080. The van der Waals surface area contributed by atoms with Crippen LogP contribution in [0, 0.1) is 0 Å². The molecule has 0 fully saturated rings. The maximum Gasteiger partial charge on any atom is 0.308 e. The summed E-state index contributed by atoms with van der Waals surface area (Å²) in [5, 5.41) is 8.43. The maximum absolute atomic E-state index is 12.8. The largest absolute Gasteiger partial charge is 0.456 e. The number of ether oxygens (including phenoxy) is 1. The van der Waals surface area contributed by atoms with Gasteiger partial charge in [-0.2, -0.15) is 0 Å². The van der Waals surface area contributed by atoms with Gasteiger partial charge in [0.1, 0.15) is 0 Å². The van der Waals surface area contributed by atoms with Crippen molar-refractivity contribution in [3.63, 3.8) is 0 Å². The lowest BCUT2D eigenvalue weighted by molar-refractivity contribution is -0.147. The second kappa shape index (κ2) is 11.9. The summed E-state index contributed by atoms with van der Waals surface area (Å²) in [5.41, 5.74) is 1.61. The third kappa shape index (κ3) is 7.42. The summed E-state index contributed by atoms with van der Waals surface area (Å²) in [6.45, 7) is 1.69. The van der Waals surface area contributed by atoms with E-state index in [4.69, 9.17) is 4.74 Å². The summed E-state index contributed by atoms with van der Waals surface area (Å²) in [7, 11) is 0. The van der Waals surface area contributed by atoms with E-state index in [1.807, 2.05) is 37.3 Å². The average Bonchev–Trinajstić information content (AvgIpc) is 2.84. The van der Waals surface area contributed by atoms with Crippen molar-refractivity contribution in [2.24, 2.45) is 0 Å². The number of anilines is 2. The zero-order valence-electron chi connectivity index (χ0n) is 18.2. The second-order valence-corrected chi connectivity index (χ2v) is 7.11. The van der Waals surface area contributed by atoms with Gasteiger partial charge in [-0.1, -0.05) is 42.5 Å². The number of aromatic nitrogens is 2. The van der Waals surface area contributed by atoms with Crippen molar-refractivity contribution in [3.05, 3.63) is 84.2 Å². The Morgan fingerprint density at radius 3 is 2.39 bits per heavy atom. The van der Waals surface area contributed by atoms with E-state index >= 15 is 0 Å². The lowest BCUT2D eigenvalue weighted by Crippen LogP contribution is -2.28. The van der Waals surface area contributed by atoms with Gasteiger partial charge in [0, 0.05) is 18.9 Å². The highest BCUT2D eigenvalue weighted by molar-refractivity contribution is 6.04. The Morgan fingerprint density at radius 1 is 0.939 bits per heavy atom. The van der Waals surface area contributed by atoms with Crippen molar-refractivity contribution in [3.8, 4) is 0 Å². The Hall–Kier alpha value is -4.27. The Kier molecular flexibility index (Phi) is 8.47. The fourth-order valence-electron chi connectivity index (χ4n) is 2.96. The minimum Gasteiger partial charge on any atom is -0.456 e. The topological polar surface area (TPSA) is 122 Å². The number of hydrogen-bond donors (Lipinski definition) is 3. The van der Waals surface area contributed by atoms with E-state index < -0.39 is 18.5 Å². The van der Waals surface area contributed by atoms with Gasteiger partial charge in [0.2, 0.25) is 5.95 Å². The number of rotatable bonds is 10. The molecule has 0 aliphatic heterocycles. The Morgan fingerprint density at radius 2 is 1.64 bits per heavy atom. The van der Waals surface area contributed by atoms with Gasteiger partial charge < -0.3 is 20.7 Å². The predicted molar refractivity (Wildman–Crippen MR) is 123 cm³/mol. The minimum atomic E-state index is -0.545. The number of hydrogen-bond acceptors (Lipinski definition) is 7. The molecule has 33 heavy (non-hydrogen) atoms. The molecule has 0 aliphatic rings. The number of amides is 2. The number of carbonyl (C=O) groups excluding carboxylic acids is 3. The van der Waals surface area contributed by atoms with Gasteiger partial charge in [-0.25, -0.2) is 9.97 Å². The van der Waals surface area contributed by atoms with Crippen LogP contribution in [0.5, 0.6) is 0 Å². The van der Waals surface area contributed by atoms with Crippen LogP contribution in [0.25, 0.3) is 0 Å². The molecule has 0 saturated carbocycles. The SMILES string of the molecule is CC(NC(=O)c1ccccc1NC(=O)COC(=O)CCNc1ncccn1)c1ccccc1. The van der Waals surface area contributed by atoms with Crippen molar-refractivity contribution >= 4 is 29.4 Å². The quantitative estimate of drug-likeness (QED) is 0.408. The summed E-state index contributed by atoms with van der Waals surface area (Å²) in [4.78, 5) is 44.9. The molecule has 3 N–H and O–H groups in total. The molecule has 9 heteroatoms. The molecule has 3 aromatic rings. The number of para-hydroxylation sites is 1. The molecular weight excluding hydrogens is 422 g/mol. The fourth-order valence-corrected chi connectivity index (χ4v) is 2.96.